The fourth-order valence-electron chi connectivity index (χ4n) is 2.41. The lowest BCUT2D eigenvalue weighted by molar-refractivity contribution is -0.120. The van der Waals surface area contributed by atoms with E-state index >= 15 is 0 Å². The van der Waals surface area contributed by atoms with Crippen molar-refractivity contribution in [2.45, 2.75) is 12.8 Å². The van der Waals surface area contributed by atoms with Crippen LogP contribution in [0.2, 0.25) is 0 Å². The molecule has 0 aliphatic carbocycles. The molecule has 2 rings (SSSR count). The first-order chi connectivity index (χ1) is 10.3. The molecule has 1 amide bonds. The van der Waals surface area contributed by atoms with Crippen molar-refractivity contribution >= 4 is 37.7 Å². The largest absolute Gasteiger partial charge is 0.326 e. The van der Waals surface area contributed by atoms with Gasteiger partial charge in [-0.3, -0.25) is 4.79 Å². The van der Waals surface area contributed by atoms with Crippen LogP contribution in [-0.4, -0.2) is 50.1 Å². The Morgan fingerprint density at radius 2 is 2.14 bits per heavy atom. The number of halogens is 1. The minimum atomic E-state index is -3.47. The molecule has 1 aromatic carbocycles. The first-order valence-corrected chi connectivity index (χ1v) is 9.23. The van der Waals surface area contributed by atoms with Crippen LogP contribution in [-0.2, 0) is 15.0 Å². The maximum Gasteiger partial charge on any atom is 0.281 e. The predicted molar refractivity (Wildman–Crippen MR) is 89.7 cm³/mol. The molecule has 1 unspecified atom stereocenters. The molecule has 1 aromatic rings. The van der Waals surface area contributed by atoms with Crippen molar-refractivity contribution in [1.29, 1.82) is 0 Å². The van der Waals surface area contributed by atoms with E-state index < -0.39 is 10.2 Å². The third kappa shape index (κ3) is 4.07. The fraction of sp³-hybridized carbons (Fsp3) is 0.500. The average molecular weight is 390 g/mol. The van der Waals surface area contributed by atoms with Crippen molar-refractivity contribution in [2.75, 3.05) is 32.5 Å². The Hall–Kier alpha value is -0.960. The number of carbonyl (C=O) groups is 1. The van der Waals surface area contributed by atoms with Gasteiger partial charge in [-0.1, -0.05) is 22.0 Å². The highest BCUT2D eigenvalue weighted by atomic mass is 79.9. The lowest BCUT2D eigenvalue weighted by atomic mass is 9.99. The molecule has 0 spiro atoms. The number of hydrogen-bond donors (Lipinski definition) is 1. The normalized spacial score (nSPS) is 20.1. The highest BCUT2D eigenvalue weighted by Crippen LogP contribution is 2.22. The van der Waals surface area contributed by atoms with E-state index in [-0.39, 0.29) is 18.4 Å². The van der Waals surface area contributed by atoms with Gasteiger partial charge in [-0.2, -0.15) is 17.0 Å². The van der Waals surface area contributed by atoms with Crippen LogP contribution in [0, 0.1) is 5.92 Å². The first kappa shape index (κ1) is 17.4. The number of nitrogens with zero attached hydrogens (tertiary/aromatic N) is 2. The summed E-state index contributed by atoms with van der Waals surface area (Å²) in [6.07, 6.45) is 1.38. The Balaban J connectivity index is 2.04. The third-order valence-corrected chi connectivity index (χ3v) is 6.04. The maximum atomic E-state index is 12.4. The van der Waals surface area contributed by atoms with Crippen molar-refractivity contribution in [1.82, 2.24) is 8.61 Å². The highest BCUT2D eigenvalue weighted by molar-refractivity contribution is 9.10. The van der Waals surface area contributed by atoms with E-state index in [1.165, 1.54) is 22.7 Å². The van der Waals surface area contributed by atoms with Gasteiger partial charge in [-0.15, -0.1) is 0 Å². The number of nitrogens with one attached hydrogen (secondary N) is 1. The number of carbonyl (C=O) groups excluding carboxylic acids is 1. The molecule has 1 saturated heterocycles. The highest BCUT2D eigenvalue weighted by Gasteiger charge is 2.33. The summed E-state index contributed by atoms with van der Waals surface area (Å²) in [7, 11) is -0.466. The Morgan fingerprint density at radius 3 is 2.77 bits per heavy atom. The molecule has 1 heterocycles. The summed E-state index contributed by atoms with van der Waals surface area (Å²) in [5.74, 6) is -0.473. The summed E-state index contributed by atoms with van der Waals surface area (Å²) < 4.78 is 27.8. The minimum Gasteiger partial charge on any atom is -0.326 e. The van der Waals surface area contributed by atoms with E-state index in [0.29, 0.717) is 25.1 Å². The summed E-state index contributed by atoms with van der Waals surface area (Å²) in [6.45, 7) is 0.682. The molecule has 1 atom stereocenters. The van der Waals surface area contributed by atoms with Crippen LogP contribution in [0.4, 0.5) is 5.69 Å². The number of rotatable bonds is 4. The van der Waals surface area contributed by atoms with E-state index in [0.717, 1.165) is 4.47 Å². The fourth-order valence-corrected chi connectivity index (χ4v) is 4.00. The summed E-state index contributed by atoms with van der Waals surface area (Å²) in [4.78, 5) is 12.4. The van der Waals surface area contributed by atoms with Gasteiger partial charge >= 0.3 is 0 Å². The second kappa shape index (κ2) is 7.08. The Labute approximate surface area is 139 Å². The van der Waals surface area contributed by atoms with E-state index in [4.69, 9.17) is 0 Å². The van der Waals surface area contributed by atoms with Crippen LogP contribution >= 0.6 is 15.9 Å². The van der Waals surface area contributed by atoms with Gasteiger partial charge in [0.2, 0.25) is 5.91 Å². The zero-order valence-electron chi connectivity index (χ0n) is 12.6. The number of benzene rings is 1. The minimum absolute atomic E-state index is 0.142. The molecule has 22 heavy (non-hydrogen) atoms. The zero-order chi connectivity index (χ0) is 16.3. The molecular weight excluding hydrogens is 370 g/mol. The van der Waals surface area contributed by atoms with Crippen LogP contribution in [0.25, 0.3) is 0 Å². The molecule has 0 bridgehead atoms. The van der Waals surface area contributed by atoms with Crippen molar-refractivity contribution in [3.8, 4) is 0 Å². The summed E-state index contributed by atoms with van der Waals surface area (Å²) in [5, 5.41) is 2.85. The molecule has 1 fully saturated rings. The maximum absolute atomic E-state index is 12.4. The quantitative estimate of drug-likeness (QED) is 0.854. The van der Waals surface area contributed by atoms with E-state index in [1.807, 2.05) is 18.2 Å². The lowest BCUT2D eigenvalue weighted by Crippen LogP contribution is -2.47. The Bertz CT molecular complexity index is 648. The zero-order valence-corrected chi connectivity index (χ0v) is 15.0. The van der Waals surface area contributed by atoms with Gasteiger partial charge < -0.3 is 5.32 Å². The van der Waals surface area contributed by atoms with Crippen LogP contribution in [0.5, 0.6) is 0 Å². The summed E-state index contributed by atoms with van der Waals surface area (Å²) in [5.41, 5.74) is 0.701. The summed E-state index contributed by atoms with van der Waals surface area (Å²) in [6, 6.07) is 7.33. The molecule has 1 aliphatic heterocycles. The van der Waals surface area contributed by atoms with Crippen LogP contribution in [0.15, 0.2) is 28.7 Å². The second-order valence-electron chi connectivity index (χ2n) is 5.49. The predicted octanol–water partition coefficient (Wildman–Crippen LogP) is 1.91. The number of hydrogen-bond acceptors (Lipinski definition) is 3. The SMILES string of the molecule is CN(C)S(=O)(=O)N1CCCC(C(=O)Nc2cccc(Br)c2)C1. The monoisotopic (exact) mass is 389 g/mol. The molecule has 6 nitrogen and oxygen atoms in total. The van der Waals surface area contributed by atoms with Gasteiger partial charge in [0.05, 0.1) is 5.92 Å². The van der Waals surface area contributed by atoms with Gasteiger partial charge in [-0.25, -0.2) is 0 Å². The molecule has 0 radical (unpaired) electrons. The van der Waals surface area contributed by atoms with E-state index in [1.54, 1.807) is 6.07 Å². The number of anilines is 1. The number of amides is 1. The molecule has 0 saturated carbocycles. The average Bonchev–Trinajstić information content (AvgIpc) is 2.47. The van der Waals surface area contributed by atoms with Crippen molar-refractivity contribution < 1.29 is 13.2 Å². The lowest BCUT2D eigenvalue weighted by Gasteiger charge is -2.32. The topological polar surface area (TPSA) is 69.7 Å². The van der Waals surface area contributed by atoms with Gasteiger partial charge in [0.15, 0.2) is 0 Å². The number of piperidine rings is 1. The van der Waals surface area contributed by atoms with E-state index in [2.05, 4.69) is 21.2 Å². The first-order valence-electron chi connectivity index (χ1n) is 7.05. The Morgan fingerprint density at radius 1 is 1.41 bits per heavy atom. The third-order valence-electron chi connectivity index (χ3n) is 3.63. The molecule has 8 heteroatoms. The van der Waals surface area contributed by atoms with Crippen molar-refractivity contribution in [2.24, 2.45) is 5.92 Å². The van der Waals surface area contributed by atoms with Gasteiger partial charge in [0.1, 0.15) is 0 Å². The molecule has 122 valence electrons. The van der Waals surface area contributed by atoms with Gasteiger partial charge in [0, 0.05) is 37.3 Å². The molecule has 0 aromatic heterocycles. The standard InChI is InChI=1S/C14H20BrN3O3S/c1-17(2)22(20,21)18-8-4-5-11(10-18)14(19)16-13-7-3-6-12(15)9-13/h3,6-7,9,11H,4-5,8,10H2,1-2H3,(H,16,19). The van der Waals surface area contributed by atoms with Crippen molar-refractivity contribution in [3.05, 3.63) is 28.7 Å². The molecule has 1 aliphatic rings. The Kier molecular flexibility index (Phi) is 5.60. The summed E-state index contributed by atoms with van der Waals surface area (Å²) >= 11 is 3.36. The van der Waals surface area contributed by atoms with Crippen LogP contribution in [0.3, 0.4) is 0 Å². The van der Waals surface area contributed by atoms with Crippen LogP contribution in [0.1, 0.15) is 12.8 Å². The van der Waals surface area contributed by atoms with Crippen LogP contribution < -0.4 is 5.32 Å². The smallest absolute Gasteiger partial charge is 0.281 e. The second-order valence-corrected chi connectivity index (χ2v) is 8.54. The van der Waals surface area contributed by atoms with E-state index in [9.17, 15) is 13.2 Å². The molecular formula is C14H20BrN3O3S. The van der Waals surface area contributed by atoms with Gasteiger partial charge in [0.25, 0.3) is 10.2 Å². The molecule has 1 N–H and O–H groups in total. The van der Waals surface area contributed by atoms with Gasteiger partial charge in [-0.05, 0) is 31.0 Å². The van der Waals surface area contributed by atoms with Crippen molar-refractivity contribution in [3.63, 3.8) is 0 Å².